The van der Waals surface area contributed by atoms with Crippen molar-refractivity contribution in [2.24, 2.45) is 0 Å². The predicted octanol–water partition coefficient (Wildman–Crippen LogP) is 5.52. The number of hydrogen-bond donors (Lipinski definition) is 3. The van der Waals surface area contributed by atoms with Gasteiger partial charge in [0, 0.05) is 11.3 Å². The van der Waals surface area contributed by atoms with Gasteiger partial charge in [-0.3, -0.25) is 9.36 Å². The number of para-hydroxylation sites is 1. The van der Waals surface area contributed by atoms with Gasteiger partial charge in [-0.05, 0) is 42.2 Å². The number of nitrogens with one attached hydrogen (secondary N) is 1. The molecule has 0 aliphatic heterocycles. The molecular formula is C22H30NO4P. The first kappa shape index (κ1) is 22.4. The monoisotopic (exact) mass is 403 g/mol. The van der Waals surface area contributed by atoms with E-state index >= 15 is 0 Å². The highest BCUT2D eigenvalue weighted by Gasteiger charge is 2.17. The van der Waals surface area contributed by atoms with Crippen LogP contribution in [0.3, 0.4) is 0 Å². The van der Waals surface area contributed by atoms with Gasteiger partial charge in [-0.25, -0.2) is 0 Å². The zero-order valence-corrected chi connectivity index (χ0v) is 17.3. The molecule has 1 amide bonds. The average molecular weight is 403 g/mol. The number of unbranched alkanes of at least 4 members (excludes halogenated alkanes) is 5. The Hall–Kier alpha value is -1.94. The molecule has 0 spiro atoms. The zero-order valence-electron chi connectivity index (χ0n) is 16.4. The number of rotatable bonds is 11. The summed E-state index contributed by atoms with van der Waals surface area (Å²) in [5, 5.41) is 2.76. The van der Waals surface area contributed by atoms with Gasteiger partial charge >= 0.3 is 7.60 Å². The van der Waals surface area contributed by atoms with Crippen molar-refractivity contribution in [2.75, 3.05) is 5.32 Å². The summed E-state index contributed by atoms with van der Waals surface area (Å²) in [6.07, 6.45) is 8.15. The van der Waals surface area contributed by atoms with Crippen molar-refractivity contribution in [3.63, 3.8) is 0 Å². The number of amides is 1. The van der Waals surface area contributed by atoms with Crippen LogP contribution in [0.1, 0.15) is 66.9 Å². The van der Waals surface area contributed by atoms with Crippen molar-refractivity contribution in [1.82, 2.24) is 0 Å². The minimum absolute atomic E-state index is 0.288. The maximum atomic E-state index is 12.5. The van der Waals surface area contributed by atoms with E-state index in [1.165, 1.54) is 37.7 Å². The van der Waals surface area contributed by atoms with E-state index in [0.29, 0.717) is 16.8 Å². The quantitative estimate of drug-likeness (QED) is 0.341. The third-order valence-electron chi connectivity index (χ3n) is 4.68. The summed E-state index contributed by atoms with van der Waals surface area (Å²) in [6, 6.07) is 14.2. The average Bonchev–Trinajstić information content (AvgIpc) is 2.65. The Morgan fingerprint density at radius 1 is 0.929 bits per heavy atom. The molecule has 0 saturated heterocycles. The van der Waals surface area contributed by atoms with Crippen LogP contribution in [-0.2, 0) is 17.1 Å². The van der Waals surface area contributed by atoms with E-state index in [0.717, 1.165) is 12.8 Å². The molecule has 0 aliphatic rings. The summed E-state index contributed by atoms with van der Waals surface area (Å²) in [5.74, 6) is -0.288. The lowest BCUT2D eigenvalue weighted by atomic mass is 10.0. The van der Waals surface area contributed by atoms with Crippen LogP contribution in [0, 0.1) is 0 Å². The molecule has 0 atom stereocenters. The number of benzene rings is 2. The Bertz CT molecular complexity index is 798. The summed E-state index contributed by atoms with van der Waals surface area (Å²) < 4.78 is 11.3. The number of aryl methyl sites for hydroxylation is 1. The van der Waals surface area contributed by atoms with Crippen molar-refractivity contribution in [3.8, 4) is 0 Å². The zero-order chi connectivity index (χ0) is 20.4. The molecule has 0 aromatic heterocycles. The highest BCUT2D eigenvalue weighted by atomic mass is 31.2. The lowest BCUT2D eigenvalue weighted by Crippen LogP contribution is -2.13. The first-order valence-electron chi connectivity index (χ1n) is 9.92. The SMILES string of the molecule is CCCCCCCCc1ccc(C(=O)Nc2ccccc2CP(=O)(O)O)cc1. The van der Waals surface area contributed by atoms with E-state index in [2.05, 4.69) is 12.2 Å². The van der Waals surface area contributed by atoms with Crippen molar-refractivity contribution in [2.45, 2.75) is 58.0 Å². The minimum Gasteiger partial charge on any atom is -0.324 e. The Balaban J connectivity index is 1.91. The lowest BCUT2D eigenvalue weighted by molar-refractivity contribution is 0.102. The topological polar surface area (TPSA) is 86.6 Å². The number of carbonyl (C=O) groups excluding carboxylic acids is 1. The molecule has 2 rings (SSSR count). The molecule has 3 N–H and O–H groups in total. The van der Waals surface area contributed by atoms with Crippen molar-refractivity contribution in [1.29, 1.82) is 0 Å². The maximum absolute atomic E-state index is 12.5. The van der Waals surface area contributed by atoms with Crippen LogP contribution in [0.5, 0.6) is 0 Å². The van der Waals surface area contributed by atoms with Gasteiger partial charge in [0.15, 0.2) is 0 Å². The summed E-state index contributed by atoms with van der Waals surface area (Å²) >= 11 is 0. The van der Waals surface area contributed by atoms with Gasteiger partial charge in [-0.15, -0.1) is 0 Å². The van der Waals surface area contributed by atoms with Crippen LogP contribution in [0.2, 0.25) is 0 Å². The number of hydrogen-bond acceptors (Lipinski definition) is 2. The van der Waals surface area contributed by atoms with Gasteiger partial charge in [0.2, 0.25) is 0 Å². The van der Waals surface area contributed by atoms with Gasteiger partial charge < -0.3 is 15.1 Å². The molecule has 0 bridgehead atoms. The van der Waals surface area contributed by atoms with E-state index in [1.54, 1.807) is 36.4 Å². The molecule has 28 heavy (non-hydrogen) atoms. The van der Waals surface area contributed by atoms with E-state index in [9.17, 15) is 19.1 Å². The second kappa shape index (κ2) is 11.2. The largest absolute Gasteiger partial charge is 0.329 e. The fourth-order valence-electron chi connectivity index (χ4n) is 3.13. The molecule has 5 nitrogen and oxygen atoms in total. The van der Waals surface area contributed by atoms with E-state index in [1.807, 2.05) is 12.1 Å². The van der Waals surface area contributed by atoms with Crippen LogP contribution >= 0.6 is 7.60 Å². The molecule has 0 radical (unpaired) electrons. The maximum Gasteiger partial charge on any atom is 0.329 e. The van der Waals surface area contributed by atoms with Crippen LogP contribution in [0.25, 0.3) is 0 Å². The molecule has 0 saturated carbocycles. The normalized spacial score (nSPS) is 11.4. The smallest absolute Gasteiger partial charge is 0.324 e. The van der Waals surface area contributed by atoms with Gasteiger partial charge in [0.25, 0.3) is 5.91 Å². The van der Waals surface area contributed by atoms with E-state index in [4.69, 9.17) is 0 Å². The Morgan fingerprint density at radius 2 is 1.57 bits per heavy atom. The van der Waals surface area contributed by atoms with Crippen molar-refractivity contribution < 1.29 is 19.1 Å². The summed E-state index contributed by atoms with van der Waals surface area (Å²) in [6.45, 7) is 2.22. The first-order valence-corrected chi connectivity index (χ1v) is 11.7. The van der Waals surface area contributed by atoms with Crippen molar-refractivity contribution in [3.05, 3.63) is 65.2 Å². The standard InChI is InChI=1S/C22H30NO4P/c1-2-3-4-5-6-7-10-18-13-15-19(16-14-18)22(24)23-21-12-9-8-11-20(21)17-28(25,26)27/h8-9,11-16H,2-7,10,17H2,1H3,(H,23,24)(H2,25,26,27). The second-order valence-corrected chi connectivity index (χ2v) is 8.79. The lowest BCUT2D eigenvalue weighted by Gasteiger charge is -2.12. The molecule has 2 aromatic rings. The minimum atomic E-state index is -4.21. The van der Waals surface area contributed by atoms with Crippen LogP contribution in [0.15, 0.2) is 48.5 Å². The van der Waals surface area contributed by atoms with Crippen LogP contribution in [0.4, 0.5) is 5.69 Å². The summed E-state index contributed by atoms with van der Waals surface area (Å²) in [4.78, 5) is 30.9. The second-order valence-electron chi connectivity index (χ2n) is 7.15. The number of anilines is 1. The Kier molecular flexibility index (Phi) is 8.91. The predicted molar refractivity (Wildman–Crippen MR) is 114 cm³/mol. The molecule has 2 aromatic carbocycles. The van der Waals surface area contributed by atoms with Gasteiger partial charge in [0.05, 0.1) is 6.16 Å². The number of carbonyl (C=O) groups is 1. The van der Waals surface area contributed by atoms with Gasteiger partial charge in [-0.2, -0.15) is 0 Å². The fraction of sp³-hybridized carbons (Fsp3) is 0.409. The molecular weight excluding hydrogens is 373 g/mol. The van der Waals surface area contributed by atoms with Gasteiger partial charge in [0.1, 0.15) is 0 Å². The van der Waals surface area contributed by atoms with Crippen molar-refractivity contribution >= 4 is 19.2 Å². The van der Waals surface area contributed by atoms with Gasteiger partial charge in [-0.1, -0.05) is 69.4 Å². The molecule has 0 unspecified atom stereocenters. The molecule has 0 heterocycles. The molecule has 6 heteroatoms. The van der Waals surface area contributed by atoms with Crippen LogP contribution < -0.4 is 5.32 Å². The third kappa shape index (κ3) is 7.97. The molecule has 152 valence electrons. The Morgan fingerprint density at radius 3 is 2.25 bits per heavy atom. The first-order chi connectivity index (χ1) is 13.4. The molecule has 0 aliphatic carbocycles. The fourth-order valence-corrected chi connectivity index (χ4v) is 3.85. The van der Waals surface area contributed by atoms with Crippen LogP contribution in [-0.4, -0.2) is 15.7 Å². The summed E-state index contributed by atoms with van der Waals surface area (Å²) in [7, 11) is -4.21. The highest BCUT2D eigenvalue weighted by molar-refractivity contribution is 7.50. The Labute approximate surface area is 167 Å². The molecule has 0 fully saturated rings. The third-order valence-corrected chi connectivity index (χ3v) is 5.43. The van der Waals surface area contributed by atoms with E-state index < -0.39 is 13.8 Å². The highest BCUT2D eigenvalue weighted by Crippen LogP contribution is 2.40. The summed E-state index contributed by atoms with van der Waals surface area (Å²) in [5.41, 5.74) is 2.59. The van der Waals surface area contributed by atoms with E-state index in [-0.39, 0.29) is 5.91 Å².